The Balaban J connectivity index is 2.01. The number of nitrogens with zero attached hydrogens (tertiary/aromatic N) is 2. The highest BCUT2D eigenvalue weighted by molar-refractivity contribution is 6.33. The van der Waals surface area contributed by atoms with Crippen molar-refractivity contribution in [3.8, 4) is 0 Å². The summed E-state index contributed by atoms with van der Waals surface area (Å²) in [4.78, 5) is 16.4. The molecule has 1 amide bonds. The Morgan fingerprint density at radius 2 is 2.05 bits per heavy atom. The molecule has 1 saturated heterocycles. The first-order valence-electron chi connectivity index (χ1n) is 6.29. The molecule has 2 N–H and O–H groups in total. The minimum absolute atomic E-state index is 0.0140. The van der Waals surface area contributed by atoms with E-state index in [-0.39, 0.29) is 5.91 Å². The third-order valence-electron chi connectivity index (χ3n) is 3.29. The Hall–Kier alpha value is -1.52. The molecule has 1 aromatic carbocycles. The van der Waals surface area contributed by atoms with Crippen LogP contribution in [0.1, 0.15) is 10.4 Å². The van der Waals surface area contributed by atoms with E-state index < -0.39 is 0 Å². The minimum Gasteiger partial charge on any atom is -0.398 e. The van der Waals surface area contributed by atoms with Crippen LogP contribution in [0.25, 0.3) is 0 Å². The monoisotopic (exact) mass is 279 g/mol. The van der Waals surface area contributed by atoms with Crippen molar-refractivity contribution in [2.24, 2.45) is 0 Å². The first-order chi connectivity index (χ1) is 9.11. The molecule has 0 aliphatic carbocycles. The molecule has 0 radical (unpaired) electrons. The third-order valence-corrected chi connectivity index (χ3v) is 3.62. The van der Waals surface area contributed by atoms with Crippen LogP contribution in [0.15, 0.2) is 30.9 Å². The summed E-state index contributed by atoms with van der Waals surface area (Å²) in [6, 6.07) is 5.03. The number of nitrogens with two attached hydrogens (primary N) is 1. The van der Waals surface area contributed by atoms with Crippen LogP contribution in [0.2, 0.25) is 5.02 Å². The predicted octanol–water partition coefficient (Wildman–Crippen LogP) is 1.87. The molecule has 1 fully saturated rings. The van der Waals surface area contributed by atoms with E-state index in [1.54, 1.807) is 18.2 Å². The Morgan fingerprint density at radius 3 is 2.63 bits per heavy atom. The molecular formula is C14H18ClN3O. The predicted molar refractivity (Wildman–Crippen MR) is 78.4 cm³/mol. The lowest BCUT2D eigenvalue weighted by atomic mass is 10.1. The minimum atomic E-state index is 0.0140. The normalized spacial score (nSPS) is 16.4. The third kappa shape index (κ3) is 3.28. The lowest BCUT2D eigenvalue weighted by molar-refractivity contribution is 0.0650. The molecule has 19 heavy (non-hydrogen) atoms. The summed E-state index contributed by atoms with van der Waals surface area (Å²) in [5, 5.41) is 0.427. The molecule has 0 unspecified atom stereocenters. The van der Waals surface area contributed by atoms with Crippen molar-refractivity contribution < 1.29 is 4.79 Å². The van der Waals surface area contributed by atoms with E-state index in [2.05, 4.69) is 11.5 Å². The second kappa shape index (κ2) is 6.08. The zero-order valence-corrected chi connectivity index (χ0v) is 11.6. The number of benzene rings is 1. The average molecular weight is 280 g/mol. The number of hydrogen-bond acceptors (Lipinski definition) is 3. The maximum absolute atomic E-state index is 12.3. The molecule has 0 spiro atoms. The SMILES string of the molecule is C=CCN1CCN(C(=O)c2ccc(N)c(Cl)c2)CC1. The first kappa shape index (κ1) is 13.9. The summed E-state index contributed by atoms with van der Waals surface area (Å²) in [6.45, 7) is 7.81. The van der Waals surface area contributed by atoms with Gasteiger partial charge in [0.2, 0.25) is 0 Å². The molecule has 0 aromatic heterocycles. The first-order valence-corrected chi connectivity index (χ1v) is 6.67. The van der Waals surface area contributed by atoms with Crippen molar-refractivity contribution in [1.29, 1.82) is 0 Å². The van der Waals surface area contributed by atoms with Crippen molar-refractivity contribution in [2.75, 3.05) is 38.5 Å². The van der Waals surface area contributed by atoms with Gasteiger partial charge in [0, 0.05) is 38.3 Å². The number of piperazine rings is 1. The maximum atomic E-state index is 12.3. The molecule has 1 aliphatic heterocycles. The highest BCUT2D eigenvalue weighted by Crippen LogP contribution is 2.21. The molecule has 0 atom stereocenters. The van der Waals surface area contributed by atoms with Crippen molar-refractivity contribution in [3.63, 3.8) is 0 Å². The van der Waals surface area contributed by atoms with Gasteiger partial charge in [-0.05, 0) is 18.2 Å². The Kier molecular flexibility index (Phi) is 4.45. The summed E-state index contributed by atoms with van der Waals surface area (Å²) < 4.78 is 0. The van der Waals surface area contributed by atoms with E-state index in [1.165, 1.54) is 0 Å². The van der Waals surface area contributed by atoms with Crippen LogP contribution in [0, 0.1) is 0 Å². The number of rotatable bonds is 3. The summed E-state index contributed by atoms with van der Waals surface area (Å²) in [6.07, 6.45) is 1.89. The molecule has 1 heterocycles. The summed E-state index contributed by atoms with van der Waals surface area (Å²) in [7, 11) is 0. The van der Waals surface area contributed by atoms with Gasteiger partial charge in [0.25, 0.3) is 5.91 Å². The van der Waals surface area contributed by atoms with Crippen molar-refractivity contribution in [3.05, 3.63) is 41.4 Å². The van der Waals surface area contributed by atoms with Gasteiger partial charge in [-0.2, -0.15) is 0 Å². The standard InChI is InChI=1S/C14H18ClN3O/c1-2-5-17-6-8-18(9-7-17)14(19)11-3-4-13(16)12(15)10-11/h2-4,10H,1,5-9,16H2. The van der Waals surface area contributed by atoms with Gasteiger partial charge >= 0.3 is 0 Å². The molecule has 0 bridgehead atoms. The van der Waals surface area contributed by atoms with E-state index in [9.17, 15) is 4.79 Å². The smallest absolute Gasteiger partial charge is 0.253 e. The van der Waals surface area contributed by atoms with Crippen LogP contribution in [0.3, 0.4) is 0 Å². The Labute approximate surface area is 118 Å². The van der Waals surface area contributed by atoms with Crippen LogP contribution < -0.4 is 5.73 Å². The molecule has 1 aromatic rings. The Bertz CT molecular complexity index is 482. The van der Waals surface area contributed by atoms with Crippen molar-refractivity contribution >= 4 is 23.2 Å². The summed E-state index contributed by atoms with van der Waals surface area (Å²) >= 11 is 5.95. The highest BCUT2D eigenvalue weighted by Gasteiger charge is 2.21. The average Bonchev–Trinajstić information content (AvgIpc) is 2.42. The fraction of sp³-hybridized carbons (Fsp3) is 0.357. The number of amides is 1. The fourth-order valence-corrected chi connectivity index (χ4v) is 2.34. The number of halogens is 1. The van der Waals surface area contributed by atoms with Gasteiger partial charge in [-0.15, -0.1) is 6.58 Å². The second-order valence-electron chi connectivity index (χ2n) is 4.62. The summed E-state index contributed by atoms with van der Waals surface area (Å²) in [5.74, 6) is 0.0140. The van der Waals surface area contributed by atoms with Crippen LogP contribution in [0.5, 0.6) is 0 Å². The molecule has 1 aliphatic rings. The molecule has 102 valence electrons. The van der Waals surface area contributed by atoms with E-state index >= 15 is 0 Å². The number of hydrogen-bond donors (Lipinski definition) is 1. The topological polar surface area (TPSA) is 49.6 Å². The van der Waals surface area contributed by atoms with E-state index in [0.717, 1.165) is 32.7 Å². The molecule has 2 rings (SSSR count). The van der Waals surface area contributed by atoms with Crippen molar-refractivity contribution in [1.82, 2.24) is 9.80 Å². The highest BCUT2D eigenvalue weighted by atomic mass is 35.5. The van der Waals surface area contributed by atoms with Crippen LogP contribution in [-0.4, -0.2) is 48.4 Å². The molecular weight excluding hydrogens is 262 g/mol. The summed E-state index contributed by atoms with van der Waals surface area (Å²) in [5.41, 5.74) is 6.73. The van der Waals surface area contributed by atoms with E-state index in [1.807, 2.05) is 11.0 Å². The van der Waals surface area contributed by atoms with Gasteiger partial charge < -0.3 is 10.6 Å². The molecule has 0 saturated carbocycles. The quantitative estimate of drug-likeness (QED) is 0.679. The van der Waals surface area contributed by atoms with Gasteiger partial charge in [0.1, 0.15) is 0 Å². The fourth-order valence-electron chi connectivity index (χ4n) is 2.16. The van der Waals surface area contributed by atoms with Crippen LogP contribution >= 0.6 is 11.6 Å². The number of nitrogen functional groups attached to an aromatic ring is 1. The van der Waals surface area contributed by atoms with Crippen LogP contribution in [0.4, 0.5) is 5.69 Å². The largest absolute Gasteiger partial charge is 0.398 e. The van der Waals surface area contributed by atoms with Gasteiger partial charge in [0.15, 0.2) is 0 Å². The van der Waals surface area contributed by atoms with E-state index in [0.29, 0.717) is 16.3 Å². The molecule has 4 nitrogen and oxygen atoms in total. The van der Waals surface area contributed by atoms with Gasteiger partial charge in [-0.1, -0.05) is 17.7 Å². The maximum Gasteiger partial charge on any atom is 0.253 e. The Morgan fingerprint density at radius 1 is 1.37 bits per heavy atom. The lowest BCUT2D eigenvalue weighted by Gasteiger charge is -2.34. The van der Waals surface area contributed by atoms with Crippen molar-refractivity contribution in [2.45, 2.75) is 0 Å². The number of carbonyl (C=O) groups excluding carboxylic acids is 1. The van der Waals surface area contributed by atoms with Gasteiger partial charge in [-0.3, -0.25) is 9.69 Å². The van der Waals surface area contributed by atoms with E-state index in [4.69, 9.17) is 17.3 Å². The number of carbonyl (C=O) groups is 1. The lowest BCUT2D eigenvalue weighted by Crippen LogP contribution is -2.48. The molecule has 5 heteroatoms. The zero-order chi connectivity index (χ0) is 13.8. The zero-order valence-electron chi connectivity index (χ0n) is 10.8. The second-order valence-corrected chi connectivity index (χ2v) is 5.02. The van der Waals surface area contributed by atoms with Gasteiger partial charge in [-0.25, -0.2) is 0 Å². The number of anilines is 1. The van der Waals surface area contributed by atoms with Crippen LogP contribution in [-0.2, 0) is 0 Å². The van der Waals surface area contributed by atoms with Gasteiger partial charge in [0.05, 0.1) is 10.7 Å².